The van der Waals surface area contributed by atoms with Gasteiger partial charge >= 0.3 is 10.2 Å². The summed E-state index contributed by atoms with van der Waals surface area (Å²) in [6.45, 7) is 0. The van der Waals surface area contributed by atoms with Gasteiger partial charge in [-0.2, -0.15) is 8.42 Å². The molecule has 11 heavy (non-hydrogen) atoms. The molecule has 1 aromatic rings. The minimum atomic E-state index is -4.58. The number of thiophene rings is 1. The second kappa shape index (κ2) is 3.15. The molecular weight excluding hydrogens is 326 g/mol. The highest BCUT2D eigenvalue weighted by molar-refractivity contribution is 14.1. The van der Waals surface area contributed by atoms with E-state index in [-0.39, 0.29) is 9.23 Å². The molecule has 2 nitrogen and oxygen atoms in total. The van der Waals surface area contributed by atoms with Crippen molar-refractivity contribution in [3.63, 3.8) is 0 Å². The Labute approximate surface area is 85.7 Å². The molecular formula is C4HClFIO2S2. The Balaban J connectivity index is 3.29. The monoisotopic (exact) mass is 326 g/mol. The summed E-state index contributed by atoms with van der Waals surface area (Å²) in [7, 11) is -4.58. The van der Waals surface area contributed by atoms with Crippen LogP contribution in [0.1, 0.15) is 0 Å². The quantitative estimate of drug-likeness (QED) is 0.587. The van der Waals surface area contributed by atoms with E-state index in [0.29, 0.717) is 2.88 Å². The fourth-order valence-electron chi connectivity index (χ4n) is 0.447. The van der Waals surface area contributed by atoms with Gasteiger partial charge in [-0.3, -0.25) is 0 Å². The van der Waals surface area contributed by atoms with E-state index >= 15 is 0 Å². The van der Waals surface area contributed by atoms with E-state index in [9.17, 15) is 12.3 Å². The van der Waals surface area contributed by atoms with Gasteiger partial charge in [0.2, 0.25) is 0 Å². The molecule has 0 N–H and O–H groups in total. The van der Waals surface area contributed by atoms with E-state index in [1.165, 1.54) is 0 Å². The molecule has 1 heterocycles. The number of rotatable bonds is 1. The van der Waals surface area contributed by atoms with Crippen molar-refractivity contribution in [2.24, 2.45) is 0 Å². The van der Waals surface area contributed by atoms with Crippen LogP contribution in [0.25, 0.3) is 0 Å². The van der Waals surface area contributed by atoms with E-state index in [0.717, 1.165) is 17.4 Å². The molecule has 0 aliphatic rings. The van der Waals surface area contributed by atoms with E-state index < -0.39 is 10.2 Å². The molecule has 0 aromatic carbocycles. The summed E-state index contributed by atoms with van der Waals surface area (Å²) in [6, 6.07) is 1.10. The maximum atomic E-state index is 12.2. The maximum Gasteiger partial charge on any atom is 0.341 e. The first-order valence-corrected chi connectivity index (χ1v) is 5.96. The lowest BCUT2D eigenvalue weighted by atomic mass is 10.7. The summed E-state index contributed by atoms with van der Waals surface area (Å²) in [5.41, 5.74) is 0. The average Bonchev–Trinajstić information content (AvgIpc) is 2.11. The first kappa shape index (κ1) is 9.69. The lowest BCUT2D eigenvalue weighted by Gasteiger charge is -1.81. The largest absolute Gasteiger partial charge is 0.341 e. The molecule has 62 valence electrons. The number of hydrogen-bond acceptors (Lipinski definition) is 3. The summed E-state index contributed by atoms with van der Waals surface area (Å²) in [5, 5.41) is 0.270. The Kier molecular flexibility index (Phi) is 2.78. The van der Waals surface area contributed by atoms with Crippen molar-refractivity contribution in [3.8, 4) is 0 Å². The van der Waals surface area contributed by atoms with Crippen LogP contribution >= 0.6 is 45.5 Å². The molecule has 0 radical (unpaired) electrons. The van der Waals surface area contributed by atoms with Gasteiger partial charge in [-0.05, 0) is 28.7 Å². The molecule has 0 unspecified atom stereocenters. The van der Waals surface area contributed by atoms with Crippen molar-refractivity contribution in [2.75, 3.05) is 0 Å². The molecule has 1 aromatic heterocycles. The molecule has 0 fully saturated rings. The van der Waals surface area contributed by atoms with Crippen molar-refractivity contribution in [1.82, 2.24) is 0 Å². The highest BCUT2D eigenvalue weighted by Gasteiger charge is 2.16. The van der Waals surface area contributed by atoms with Crippen LogP contribution < -0.4 is 0 Å². The van der Waals surface area contributed by atoms with Gasteiger partial charge in [-0.1, -0.05) is 15.5 Å². The Morgan fingerprint density at radius 3 is 2.36 bits per heavy atom. The highest BCUT2D eigenvalue weighted by atomic mass is 127. The third-order valence-corrected chi connectivity index (χ3v) is 5.00. The van der Waals surface area contributed by atoms with Crippen LogP contribution in [-0.2, 0) is 10.2 Å². The first-order chi connectivity index (χ1) is 4.91. The molecule has 0 saturated heterocycles. The van der Waals surface area contributed by atoms with Crippen molar-refractivity contribution < 1.29 is 12.3 Å². The summed E-state index contributed by atoms with van der Waals surface area (Å²) < 4.78 is 33.0. The van der Waals surface area contributed by atoms with E-state index in [1.807, 2.05) is 22.6 Å². The Bertz CT molecular complexity index is 352. The second-order valence-corrected chi connectivity index (χ2v) is 6.47. The van der Waals surface area contributed by atoms with Gasteiger partial charge in [0, 0.05) is 0 Å². The average molecular weight is 327 g/mol. The predicted octanol–water partition coefficient (Wildman–Crippen LogP) is 2.66. The normalized spacial score (nSPS) is 11.9. The lowest BCUT2D eigenvalue weighted by Crippen LogP contribution is -1.85. The van der Waals surface area contributed by atoms with Gasteiger partial charge in [0.1, 0.15) is 0 Å². The number of halogens is 3. The second-order valence-electron chi connectivity index (χ2n) is 1.62. The Hall–Kier alpha value is 0.600. The van der Waals surface area contributed by atoms with Crippen LogP contribution in [0.5, 0.6) is 0 Å². The Morgan fingerprint density at radius 2 is 2.18 bits per heavy atom. The van der Waals surface area contributed by atoms with Gasteiger partial charge in [0.05, 0.1) is 7.91 Å². The molecule has 0 amide bonds. The molecule has 0 saturated carbocycles. The van der Waals surface area contributed by atoms with Gasteiger partial charge in [-0.15, -0.1) is 11.3 Å². The molecule has 1 rings (SSSR count). The predicted molar refractivity (Wildman–Crippen MR) is 50.3 cm³/mol. The van der Waals surface area contributed by atoms with Gasteiger partial charge < -0.3 is 0 Å². The third kappa shape index (κ3) is 2.27. The van der Waals surface area contributed by atoms with Crippen molar-refractivity contribution in [2.45, 2.75) is 4.21 Å². The molecule has 0 aliphatic carbocycles. The van der Waals surface area contributed by atoms with Crippen molar-refractivity contribution in [1.29, 1.82) is 0 Å². The van der Waals surface area contributed by atoms with Gasteiger partial charge in [0.25, 0.3) is 0 Å². The fourth-order valence-corrected chi connectivity index (χ4v) is 3.53. The summed E-state index contributed by atoms with van der Waals surface area (Å²) >= 11 is 8.16. The van der Waals surface area contributed by atoms with Crippen molar-refractivity contribution >= 4 is 55.8 Å². The smallest absolute Gasteiger partial charge is 0.188 e. The van der Waals surface area contributed by atoms with Crippen LogP contribution in [0, 0.1) is 2.88 Å². The molecule has 7 heteroatoms. The van der Waals surface area contributed by atoms with Gasteiger partial charge in [0.15, 0.2) is 4.21 Å². The Morgan fingerprint density at radius 1 is 1.64 bits per heavy atom. The third-order valence-electron chi connectivity index (χ3n) is 0.863. The molecule has 0 aliphatic heterocycles. The topological polar surface area (TPSA) is 34.1 Å². The standard InChI is InChI=1S/C4HClFIO2S2/c5-2-1-3(10-4(2)7)11(6,8)9/h1H. The minimum absolute atomic E-state index is 0.270. The zero-order valence-corrected chi connectivity index (χ0v) is 9.39. The van der Waals surface area contributed by atoms with E-state index in [4.69, 9.17) is 11.6 Å². The molecule has 0 bridgehead atoms. The van der Waals surface area contributed by atoms with Crippen LogP contribution in [0.4, 0.5) is 3.89 Å². The summed E-state index contributed by atoms with van der Waals surface area (Å²) in [5.74, 6) is 0. The van der Waals surface area contributed by atoms with E-state index in [2.05, 4.69) is 0 Å². The van der Waals surface area contributed by atoms with Crippen LogP contribution in [0.2, 0.25) is 5.02 Å². The maximum absolute atomic E-state index is 12.2. The summed E-state index contributed by atoms with van der Waals surface area (Å²) in [6.07, 6.45) is 0. The SMILES string of the molecule is O=S(=O)(F)c1cc(Cl)c(I)s1. The lowest BCUT2D eigenvalue weighted by molar-refractivity contribution is 0.554. The van der Waals surface area contributed by atoms with Crippen LogP contribution in [0.3, 0.4) is 0 Å². The van der Waals surface area contributed by atoms with Crippen molar-refractivity contribution in [3.05, 3.63) is 14.0 Å². The fraction of sp³-hybridized carbons (Fsp3) is 0. The van der Waals surface area contributed by atoms with E-state index in [1.54, 1.807) is 0 Å². The molecule has 0 spiro atoms. The van der Waals surface area contributed by atoms with Crippen LogP contribution in [0.15, 0.2) is 10.3 Å². The van der Waals surface area contributed by atoms with Gasteiger partial charge in [-0.25, -0.2) is 0 Å². The zero-order chi connectivity index (χ0) is 8.65. The summed E-state index contributed by atoms with van der Waals surface area (Å²) in [4.78, 5) is 0. The molecule has 0 atom stereocenters. The first-order valence-electron chi connectivity index (χ1n) is 2.31. The minimum Gasteiger partial charge on any atom is -0.188 e. The number of hydrogen-bond donors (Lipinski definition) is 0. The highest BCUT2D eigenvalue weighted by Crippen LogP contribution is 2.31. The zero-order valence-electron chi connectivity index (χ0n) is 4.84. The van der Waals surface area contributed by atoms with Crippen LogP contribution in [-0.4, -0.2) is 8.42 Å².